The number of sulfone groups is 1. The molecule has 18 heavy (non-hydrogen) atoms. The zero-order valence-corrected chi connectivity index (χ0v) is 11.3. The van der Waals surface area contributed by atoms with Crippen LogP contribution in [0.4, 0.5) is 0 Å². The number of benzene rings is 1. The summed E-state index contributed by atoms with van der Waals surface area (Å²) in [4.78, 5) is 0. The first-order valence-corrected chi connectivity index (χ1v) is 7.22. The number of hydrogen-bond acceptors (Lipinski definition) is 4. The first-order chi connectivity index (χ1) is 8.48. The Balaban J connectivity index is 2.62. The minimum Gasteiger partial charge on any atom is -0.493 e. The third-order valence-corrected chi connectivity index (χ3v) is 3.67. The standard InChI is InChI=1S/C13H16O4S/c1-4-8-18(14,15)9-7-17-12-6-5-11(2)10-13(12)16-3/h1,5-6,10H,7-9H2,2-3H3. The van der Waals surface area contributed by atoms with Gasteiger partial charge in [-0.1, -0.05) is 12.0 Å². The Morgan fingerprint density at radius 2 is 2.06 bits per heavy atom. The quantitative estimate of drug-likeness (QED) is 0.732. The lowest BCUT2D eigenvalue weighted by Crippen LogP contribution is -2.16. The molecule has 0 heterocycles. The Bertz CT molecular complexity index is 541. The molecule has 0 N–H and O–H groups in total. The van der Waals surface area contributed by atoms with E-state index in [9.17, 15) is 8.42 Å². The summed E-state index contributed by atoms with van der Waals surface area (Å²) in [5.74, 6) is 2.87. The number of rotatable bonds is 6. The van der Waals surface area contributed by atoms with E-state index in [1.807, 2.05) is 19.1 Å². The summed E-state index contributed by atoms with van der Waals surface area (Å²) in [5, 5.41) is 0. The number of methoxy groups -OCH3 is 1. The van der Waals surface area contributed by atoms with Crippen LogP contribution in [0.3, 0.4) is 0 Å². The Labute approximate surface area is 108 Å². The molecule has 98 valence electrons. The average molecular weight is 268 g/mol. The van der Waals surface area contributed by atoms with Crippen molar-refractivity contribution >= 4 is 9.84 Å². The van der Waals surface area contributed by atoms with Crippen LogP contribution in [0.15, 0.2) is 18.2 Å². The molecule has 0 radical (unpaired) electrons. The lowest BCUT2D eigenvalue weighted by molar-refractivity contribution is 0.311. The van der Waals surface area contributed by atoms with Crippen molar-refractivity contribution in [1.29, 1.82) is 0 Å². The van der Waals surface area contributed by atoms with E-state index >= 15 is 0 Å². The van der Waals surface area contributed by atoms with Crippen molar-refractivity contribution in [2.75, 3.05) is 25.2 Å². The van der Waals surface area contributed by atoms with Gasteiger partial charge in [0.1, 0.15) is 12.4 Å². The zero-order chi connectivity index (χ0) is 13.6. The van der Waals surface area contributed by atoms with Crippen molar-refractivity contribution in [3.8, 4) is 23.8 Å². The van der Waals surface area contributed by atoms with E-state index in [0.717, 1.165) is 5.56 Å². The largest absolute Gasteiger partial charge is 0.493 e. The monoisotopic (exact) mass is 268 g/mol. The van der Waals surface area contributed by atoms with E-state index in [0.29, 0.717) is 11.5 Å². The lowest BCUT2D eigenvalue weighted by atomic mass is 10.2. The molecule has 0 atom stereocenters. The minimum atomic E-state index is -3.23. The SMILES string of the molecule is C#CCS(=O)(=O)CCOc1ccc(C)cc1OC. The highest BCUT2D eigenvalue weighted by Crippen LogP contribution is 2.27. The second-order valence-corrected chi connectivity index (χ2v) is 5.98. The molecule has 0 saturated heterocycles. The third-order valence-electron chi connectivity index (χ3n) is 2.27. The number of hydrogen-bond donors (Lipinski definition) is 0. The Morgan fingerprint density at radius 3 is 2.67 bits per heavy atom. The molecule has 1 aromatic carbocycles. The predicted molar refractivity (Wildman–Crippen MR) is 70.7 cm³/mol. The molecule has 0 aliphatic heterocycles. The topological polar surface area (TPSA) is 52.6 Å². The molecule has 0 saturated carbocycles. The fraction of sp³-hybridized carbons (Fsp3) is 0.385. The van der Waals surface area contributed by atoms with Crippen LogP contribution in [0.1, 0.15) is 5.56 Å². The van der Waals surface area contributed by atoms with E-state index in [1.54, 1.807) is 6.07 Å². The fourth-order valence-electron chi connectivity index (χ4n) is 1.37. The molecular formula is C13H16O4S. The van der Waals surface area contributed by atoms with Crippen molar-refractivity contribution in [3.05, 3.63) is 23.8 Å². The Morgan fingerprint density at radius 1 is 1.33 bits per heavy atom. The van der Waals surface area contributed by atoms with Crippen LogP contribution in [-0.4, -0.2) is 33.6 Å². The third kappa shape index (κ3) is 4.30. The highest BCUT2D eigenvalue weighted by Gasteiger charge is 2.10. The van der Waals surface area contributed by atoms with Crippen LogP contribution in [-0.2, 0) is 9.84 Å². The van der Waals surface area contributed by atoms with Gasteiger partial charge in [0.25, 0.3) is 0 Å². The van der Waals surface area contributed by atoms with Crippen LogP contribution < -0.4 is 9.47 Å². The molecule has 0 aromatic heterocycles. The van der Waals surface area contributed by atoms with Gasteiger partial charge in [0.2, 0.25) is 0 Å². The number of ether oxygens (including phenoxy) is 2. The van der Waals surface area contributed by atoms with Gasteiger partial charge in [-0.05, 0) is 24.6 Å². The van der Waals surface area contributed by atoms with E-state index in [2.05, 4.69) is 5.92 Å². The van der Waals surface area contributed by atoms with Gasteiger partial charge < -0.3 is 9.47 Å². The maximum atomic E-state index is 11.4. The van der Waals surface area contributed by atoms with Crippen molar-refractivity contribution < 1.29 is 17.9 Å². The lowest BCUT2D eigenvalue weighted by Gasteiger charge is -2.11. The summed E-state index contributed by atoms with van der Waals surface area (Å²) in [6.07, 6.45) is 4.97. The van der Waals surface area contributed by atoms with Crippen LogP contribution in [0.2, 0.25) is 0 Å². The number of aryl methyl sites for hydroxylation is 1. The summed E-state index contributed by atoms with van der Waals surface area (Å²) >= 11 is 0. The molecule has 4 nitrogen and oxygen atoms in total. The molecule has 1 aromatic rings. The van der Waals surface area contributed by atoms with Crippen LogP contribution in [0.5, 0.6) is 11.5 Å². The molecule has 0 bridgehead atoms. The van der Waals surface area contributed by atoms with Crippen LogP contribution in [0, 0.1) is 19.3 Å². The van der Waals surface area contributed by atoms with Crippen molar-refractivity contribution in [2.45, 2.75) is 6.92 Å². The maximum Gasteiger partial charge on any atom is 0.164 e. The average Bonchev–Trinajstić information content (AvgIpc) is 2.30. The first-order valence-electron chi connectivity index (χ1n) is 5.40. The van der Waals surface area contributed by atoms with E-state index in [-0.39, 0.29) is 18.1 Å². The van der Waals surface area contributed by atoms with Gasteiger partial charge in [0.05, 0.1) is 12.9 Å². The molecule has 0 aliphatic rings. The second-order valence-electron chi connectivity index (χ2n) is 3.80. The first kappa shape index (κ1) is 14.4. The fourth-order valence-corrected chi connectivity index (χ4v) is 2.11. The summed E-state index contributed by atoms with van der Waals surface area (Å²) in [6, 6.07) is 5.45. The van der Waals surface area contributed by atoms with Gasteiger partial charge in [-0.15, -0.1) is 6.42 Å². The van der Waals surface area contributed by atoms with Gasteiger partial charge >= 0.3 is 0 Å². The summed E-state index contributed by atoms with van der Waals surface area (Å²) in [6.45, 7) is 1.99. The molecule has 0 fully saturated rings. The van der Waals surface area contributed by atoms with E-state index < -0.39 is 9.84 Å². The highest BCUT2D eigenvalue weighted by atomic mass is 32.2. The van der Waals surface area contributed by atoms with Gasteiger partial charge in [0, 0.05) is 0 Å². The molecule has 0 amide bonds. The van der Waals surface area contributed by atoms with Gasteiger partial charge in [0.15, 0.2) is 21.3 Å². The molecule has 0 spiro atoms. The molecule has 0 unspecified atom stereocenters. The zero-order valence-electron chi connectivity index (χ0n) is 10.5. The highest BCUT2D eigenvalue weighted by molar-refractivity contribution is 7.91. The van der Waals surface area contributed by atoms with Gasteiger partial charge in [-0.25, -0.2) is 8.42 Å². The summed E-state index contributed by atoms with van der Waals surface area (Å²) in [5.41, 5.74) is 1.04. The molecule has 5 heteroatoms. The minimum absolute atomic E-state index is 0.0590. The van der Waals surface area contributed by atoms with Crippen molar-refractivity contribution in [1.82, 2.24) is 0 Å². The summed E-state index contributed by atoms with van der Waals surface area (Å²) < 4.78 is 33.3. The van der Waals surface area contributed by atoms with Crippen LogP contribution in [0.25, 0.3) is 0 Å². The smallest absolute Gasteiger partial charge is 0.164 e. The Hall–Kier alpha value is -1.67. The normalized spacial score (nSPS) is 10.7. The van der Waals surface area contributed by atoms with Crippen molar-refractivity contribution in [2.24, 2.45) is 0 Å². The van der Waals surface area contributed by atoms with Gasteiger partial charge in [-0.2, -0.15) is 0 Å². The van der Waals surface area contributed by atoms with Gasteiger partial charge in [-0.3, -0.25) is 0 Å². The molecule has 1 rings (SSSR count). The van der Waals surface area contributed by atoms with E-state index in [4.69, 9.17) is 15.9 Å². The van der Waals surface area contributed by atoms with E-state index in [1.165, 1.54) is 7.11 Å². The Kier molecular flexibility index (Phi) is 5.05. The summed E-state index contributed by atoms with van der Waals surface area (Å²) in [7, 11) is -1.69. The maximum absolute atomic E-state index is 11.4. The number of terminal acetylenes is 1. The second kappa shape index (κ2) is 6.31. The molecule has 0 aliphatic carbocycles. The molecular weight excluding hydrogens is 252 g/mol. The van der Waals surface area contributed by atoms with Crippen LogP contribution >= 0.6 is 0 Å². The van der Waals surface area contributed by atoms with Crippen molar-refractivity contribution in [3.63, 3.8) is 0 Å². The predicted octanol–water partition coefficient (Wildman–Crippen LogP) is 1.43.